The van der Waals surface area contributed by atoms with Crippen molar-refractivity contribution in [2.75, 3.05) is 32.2 Å². The minimum atomic E-state index is -0.143. The molecule has 0 radical (unpaired) electrons. The quantitative estimate of drug-likeness (QED) is 0.835. The number of benzene rings is 1. The van der Waals surface area contributed by atoms with Gasteiger partial charge in [-0.15, -0.1) is 11.3 Å². The van der Waals surface area contributed by atoms with Crippen molar-refractivity contribution in [2.24, 2.45) is 0 Å². The van der Waals surface area contributed by atoms with Gasteiger partial charge in [0.1, 0.15) is 11.5 Å². The summed E-state index contributed by atoms with van der Waals surface area (Å²) in [6.07, 6.45) is 0. The Kier molecular flexibility index (Phi) is 6.20. The number of hydrogen-bond donors (Lipinski definition) is 1. The second kappa shape index (κ2) is 8.35. The molecule has 7 heteroatoms. The van der Waals surface area contributed by atoms with E-state index in [-0.39, 0.29) is 11.8 Å². The number of nitrogens with zero attached hydrogens (tertiary/aromatic N) is 1. The fourth-order valence-corrected chi connectivity index (χ4v) is 2.87. The normalized spacial score (nSPS) is 10.1. The number of thiophene rings is 1. The molecule has 1 aromatic carbocycles. The van der Waals surface area contributed by atoms with E-state index in [1.54, 1.807) is 36.3 Å². The van der Waals surface area contributed by atoms with Crippen LogP contribution in [0.15, 0.2) is 35.7 Å². The van der Waals surface area contributed by atoms with Crippen LogP contribution in [-0.4, -0.2) is 39.1 Å². The Balaban J connectivity index is 2.07. The van der Waals surface area contributed by atoms with Gasteiger partial charge in [0.25, 0.3) is 5.91 Å². The average Bonchev–Trinajstić information content (AvgIpc) is 3.12. The fraction of sp³-hybridized carbons (Fsp3) is 0.294. The molecule has 0 aliphatic rings. The van der Waals surface area contributed by atoms with E-state index >= 15 is 0 Å². The fourth-order valence-electron chi connectivity index (χ4n) is 2.23. The molecule has 0 saturated heterocycles. The number of ether oxygens (including phenoxy) is 2. The summed E-state index contributed by atoms with van der Waals surface area (Å²) < 4.78 is 10.5. The van der Waals surface area contributed by atoms with Crippen LogP contribution in [0.1, 0.15) is 16.6 Å². The van der Waals surface area contributed by atoms with Crippen molar-refractivity contribution in [2.45, 2.75) is 6.92 Å². The molecule has 0 atom stereocenters. The third-order valence-electron chi connectivity index (χ3n) is 3.42. The number of hydrogen-bond acceptors (Lipinski definition) is 5. The van der Waals surface area contributed by atoms with Crippen LogP contribution in [0, 0.1) is 0 Å². The molecule has 0 aliphatic heterocycles. The summed E-state index contributed by atoms with van der Waals surface area (Å²) in [6, 6.07) is 8.83. The largest absolute Gasteiger partial charge is 0.497 e. The van der Waals surface area contributed by atoms with Crippen LogP contribution < -0.4 is 19.7 Å². The highest BCUT2D eigenvalue weighted by Crippen LogP contribution is 2.32. The summed E-state index contributed by atoms with van der Waals surface area (Å²) in [5, 5.41) is 4.66. The Bertz CT molecular complexity index is 701. The SMILES string of the molecule is COc1ccc(N(CCNC(=O)c2cccs2)C(C)=O)c(OC)c1. The van der Waals surface area contributed by atoms with Gasteiger partial charge in [-0.25, -0.2) is 0 Å². The van der Waals surface area contributed by atoms with E-state index in [1.165, 1.54) is 25.4 Å². The monoisotopic (exact) mass is 348 g/mol. The van der Waals surface area contributed by atoms with E-state index in [9.17, 15) is 9.59 Å². The lowest BCUT2D eigenvalue weighted by atomic mass is 10.2. The lowest BCUT2D eigenvalue weighted by molar-refractivity contribution is -0.116. The highest BCUT2D eigenvalue weighted by Gasteiger charge is 2.17. The molecule has 2 aromatic rings. The maximum atomic E-state index is 12.0. The van der Waals surface area contributed by atoms with E-state index in [2.05, 4.69) is 5.32 Å². The van der Waals surface area contributed by atoms with Gasteiger partial charge in [-0.2, -0.15) is 0 Å². The van der Waals surface area contributed by atoms with Crippen LogP contribution >= 0.6 is 11.3 Å². The number of carbonyl (C=O) groups excluding carboxylic acids is 2. The highest BCUT2D eigenvalue weighted by molar-refractivity contribution is 7.12. The van der Waals surface area contributed by atoms with Gasteiger partial charge in [0, 0.05) is 26.1 Å². The summed E-state index contributed by atoms with van der Waals surface area (Å²) in [7, 11) is 3.10. The lowest BCUT2D eigenvalue weighted by Crippen LogP contribution is -2.37. The number of nitrogens with one attached hydrogen (secondary N) is 1. The molecule has 6 nitrogen and oxygen atoms in total. The zero-order valence-electron chi connectivity index (χ0n) is 13.9. The summed E-state index contributed by atoms with van der Waals surface area (Å²) in [5.41, 5.74) is 0.635. The molecule has 128 valence electrons. The van der Waals surface area contributed by atoms with Gasteiger partial charge < -0.3 is 19.7 Å². The van der Waals surface area contributed by atoms with E-state index in [1.807, 2.05) is 11.4 Å². The molecule has 2 rings (SSSR count). The summed E-state index contributed by atoms with van der Waals surface area (Å²) in [4.78, 5) is 26.2. The summed E-state index contributed by atoms with van der Waals surface area (Å²) >= 11 is 1.38. The van der Waals surface area contributed by atoms with E-state index in [0.29, 0.717) is 35.2 Å². The van der Waals surface area contributed by atoms with E-state index in [4.69, 9.17) is 9.47 Å². The number of amides is 2. The molecule has 0 unspecified atom stereocenters. The van der Waals surface area contributed by atoms with Gasteiger partial charge in [-0.3, -0.25) is 9.59 Å². The van der Waals surface area contributed by atoms with Crippen molar-refractivity contribution in [3.63, 3.8) is 0 Å². The van der Waals surface area contributed by atoms with Gasteiger partial charge >= 0.3 is 0 Å². The molecule has 1 N–H and O–H groups in total. The van der Waals surface area contributed by atoms with Crippen LogP contribution in [0.3, 0.4) is 0 Å². The van der Waals surface area contributed by atoms with Crippen molar-refractivity contribution >= 4 is 28.8 Å². The second-order valence-corrected chi connectivity index (χ2v) is 5.89. The topological polar surface area (TPSA) is 67.9 Å². The van der Waals surface area contributed by atoms with Crippen molar-refractivity contribution in [1.29, 1.82) is 0 Å². The first kappa shape index (κ1) is 17.8. The van der Waals surface area contributed by atoms with Gasteiger partial charge in [0.15, 0.2) is 0 Å². The van der Waals surface area contributed by atoms with Crippen LogP contribution in [0.4, 0.5) is 5.69 Å². The van der Waals surface area contributed by atoms with Crippen LogP contribution in [0.5, 0.6) is 11.5 Å². The Labute approximate surface area is 145 Å². The van der Waals surface area contributed by atoms with Crippen molar-refractivity contribution < 1.29 is 19.1 Å². The predicted octanol–water partition coefficient (Wildman–Crippen LogP) is 2.55. The molecule has 1 aromatic heterocycles. The Hall–Kier alpha value is -2.54. The summed E-state index contributed by atoms with van der Waals surface area (Å²) in [5.74, 6) is 0.901. The molecular weight excluding hydrogens is 328 g/mol. The van der Waals surface area contributed by atoms with Gasteiger partial charge in [0.05, 0.1) is 24.8 Å². The minimum absolute atomic E-state index is 0.135. The Morgan fingerprint density at radius 1 is 1.21 bits per heavy atom. The standard InChI is InChI=1S/C17H20N2O4S/c1-12(20)19(9-8-18-17(21)16-5-4-10-24-16)14-7-6-13(22-2)11-15(14)23-3/h4-7,10-11H,8-9H2,1-3H3,(H,18,21). The van der Waals surface area contributed by atoms with Crippen molar-refractivity contribution in [3.8, 4) is 11.5 Å². The molecule has 24 heavy (non-hydrogen) atoms. The smallest absolute Gasteiger partial charge is 0.261 e. The van der Waals surface area contributed by atoms with Gasteiger partial charge in [0.2, 0.25) is 5.91 Å². The highest BCUT2D eigenvalue weighted by atomic mass is 32.1. The van der Waals surface area contributed by atoms with Crippen molar-refractivity contribution in [3.05, 3.63) is 40.6 Å². The third kappa shape index (κ3) is 4.26. The number of methoxy groups -OCH3 is 2. The zero-order chi connectivity index (χ0) is 17.5. The Morgan fingerprint density at radius 3 is 2.58 bits per heavy atom. The molecule has 0 bridgehead atoms. The first-order valence-corrected chi connectivity index (χ1v) is 8.26. The molecule has 2 amide bonds. The van der Waals surface area contributed by atoms with Crippen LogP contribution in [0.25, 0.3) is 0 Å². The maximum absolute atomic E-state index is 12.0. The van der Waals surface area contributed by atoms with E-state index < -0.39 is 0 Å². The minimum Gasteiger partial charge on any atom is -0.497 e. The molecule has 0 aliphatic carbocycles. The first-order chi connectivity index (χ1) is 11.6. The number of anilines is 1. The van der Waals surface area contributed by atoms with E-state index in [0.717, 1.165) is 0 Å². The van der Waals surface area contributed by atoms with Gasteiger partial charge in [-0.05, 0) is 23.6 Å². The zero-order valence-corrected chi connectivity index (χ0v) is 14.7. The lowest BCUT2D eigenvalue weighted by Gasteiger charge is -2.23. The predicted molar refractivity (Wildman–Crippen MR) is 94.2 cm³/mol. The van der Waals surface area contributed by atoms with Gasteiger partial charge in [-0.1, -0.05) is 6.07 Å². The Morgan fingerprint density at radius 2 is 2.00 bits per heavy atom. The molecular formula is C17H20N2O4S. The summed E-state index contributed by atoms with van der Waals surface area (Å²) in [6.45, 7) is 2.16. The average molecular weight is 348 g/mol. The number of rotatable bonds is 7. The molecule has 1 heterocycles. The third-order valence-corrected chi connectivity index (χ3v) is 4.29. The molecule has 0 saturated carbocycles. The molecule has 0 spiro atoms. The molecule has 0 fully saturated rings. The number of carbonyl (C=O) groups is 2. The van der Waals surface area contributed by atoms with Crippen LogP contribution in [0.2, 0.25) is 0 Å². The first-order valence-electron chi connectivity index (χ1n) is 7.38. The second-order valence-electron chi connectivity index (χ2n) is 4.94. The van der Waals surface area contributed by atoms with Crippen molar-refractivity contribution in [1.82, 2.24) is 5.32 Å². The van der Waals surface area contributed by atoms with Crippen LogP contribution in [-0.2, 0) is 4.79 Å². The maximum Gasteiger partial charge on any atom is 0.261 e.